The van der Waals surface area contributed by atoms with Gasteiger partial charge in [-0.25, -0.2) is 4.79 Å². The third-order valence-electron chi connectivity index (χ3n) is 5.76. The molecule has 1 aromatic carbocycles. The van der Waals surface area contributed by atoms with E-state index in [1.54, 1.807) is 23.0 Å². The third-order valence-corrected chi connectivity index (χ3v) is 6.98. The highest BCUT2D eigenvalue weighted by molar-refractivity contribution is 9.10. The second-order valence-electron chi connectivity index (χ2n) is 9.05. The molecule has 1 aromatic heterocycles. The molecule has 1 fully saturated rings. The molecule has 0 unspecified atom stereocenters. The number of carbonyl (C=O) groups is 2. The Balaban J connectivity index is 1.78. The lowest BCUT2D eigenvalue weighted by Gasteiger charge is -2.47. The molecule has 4 rings (SSSR count). The second-order valence-corrected chi connectivity index (χ2v) is 9.85. The van der Waals surface area contributed by atoms with E-state index in [1.165, 1.54) is 0 Å². The molecule has 1 atom stereocenters. The first-order chi connectivity index (χ1) is 14.0. The van der Waals surface area contributed by atoms with Crippen LogP contribution in [0.1, 0.15) is 31.9 Å². The maximum Gasteiger partial charge on any atom is 0.410 e. The molecule has 0 aliphatic carbocycles. The number of likely N-dealkylation sites (N-methyl/N-ethyl adjacent to an activating group) is 1. The van der Waals surface area contributed by atoms with Crippen molar-refractivity contribution < 1.29 is 14.3 Å². The Labute approximate surface area is 185 Å². The molecule has 30 heavy (non-hydrogen) atoms. The number of amides is 2. The van der Waals surface area contributed by atoms with Gasteiger partial charge in [0, 0.05) is 30.0 Å². The van der Waals surface area contributed by atoms with Gasteiger partial charge in [-0.3, -0.25) is 9.78 Å². The van der Waals surface area contributed by atoms with Crippen LogP contribution in [0.3, 0.4) is 0 Å². The van der Waals surface area contributed by atoms with Crippen molar-refractivity contribution in [2.24, 2.45) is 0 Å². The zero-order valence-corrected chi connectivity index (χ0v) is 19.8. The average molecular weight is 475 g/mol. The van der Waals surface area contributed by atoms with E-state index in [0.717, 1.165) is 37.9 Å². The second kappa shape index (κ2) is 7.11. The Morgan fingerprint density at radius 2 is 1.97 bits per heavy atom. The Hall–Kier alpha value is -2.35. The number of hydrogen-bond donors (Lipinski definition) is 0. The zero-order chi connectivity index (χ0) is 22.0. The van der Waals surface area contributed by atoms with Gasteiger partial charge >= 0.3 is 6.09 Å². The van der Waals surface area contributed by atoms with Crippen LogP contribution in [0.2, 0.25) is 0 Å². The number of anilines is 2. The van der Waals surface area contributed by atoms with Gasteiger partial charge in [0.15, 0.2) is 0 Å². The summed E-state index contributed by atoms with van der Waals surface area (Å²) in [4.78, 5) is 35.9. The monoisotopic (exact) mass is 474 g/mol. The van der Waals surface area contributed by atoms with Gasteiger partial charge in [-0.1, -0.05) is 15.9 Å². The number of fused-ring (bicyclic) bond motifs is 5. The summed E-state index contributed by atoms with van der Waals surface area (Å²) in [7, 11) is 1.77. The van der Waals surface area contributed by atoms with Crippen LogP contribution >= 0.6 is 15.9 Å². The van der Waals surface area contributed by atoms with E-state index in [2.05, 4.69) is 45.7 Å². The first-order valence-corrected chi connectivity index (χ1v) is 10.9. The number of ether oxygens (including phenoxy) is 1. The zero-order valence-electron chi connectivity index (χ0n) is 18.2. The van der Waals surface area contributed by atoms with Crippen LogP contribution in [-0.4, -0.2) is 60.2 Å². The van der Waals surface area contributed by atoms with Gasteiger partial charge in [-0.05, 0) is 51.8 Å². The van der Waals surface area contributed by atoms with Gasteiger partial charge < -0.3 is 19.4 Å². The summed E-state index contributed by atoms with van der Waals surface area (Å²) in [5.41, 5.74) is 4.36. The summed E-state index contributed by atoms with van der Waals surface area (Å²) in [6.45, 7) is 11.0. The number of carbonyl (C=O) groups excluding carboxylic acids is 2. The lowest BCUT2D eigenvalue weighted by Crippen LogP contribution is -2.63. The molecule has 2 amide bonds. The molecule has 0 saturated carbocycles. The maximum absolute atomic E-state index is 13.2. The molecule has 0 bridgehead atoms. The minimum Gasteiger partial charge on any atom is -0.444 e. The number of nitrogens with zero attached hydrogens (tertiary/aromatic N) is 4. The standard InChI is InChI=1S/C22H27BrN4O3/c1-12-9-14-18(13(2)17(12)23)24-10-15-19(14)27-8-7-26(21(29)30-22(3,4)5)11-16(27)20(28)25(15)6/h9-10,16H,7-8,11H2,1-6H3/t16-/m1/s1. The molecule has 2 aliphatic rings. The predicted molar refractivity (Wildman–Crippen MR) is 121 cm³/mol. The average Bonchev–Trinajstić information content (AvgIpc) is 2.68. The quantitative estimate of drug-likeness (QED) is 0.576. The van der Waals surface area contributed by atoms with Crippen LogP contribution in [-0.2, 0) is 9.53 Å². The molecular formula is C22H27BrN4O3. The van der Waals surface area contributed by atoms with E-state index in [1.807, 2.05) is 20.8 Å². The van der Waals surface area contributed by atoms with E-state index in [9.17, 15) is 9.59 Å². The lowest BCUT2D eigenvalue weighted by molar-refractivity contribution is -0.120. The molecule has 0 spiro atoms. The molecule has 0 radical (unpaired) electrons. The van der Waals surface area contributed by atoms with Crippen molar-refractivity contribution in [1.29, 1.82) is 0 Å². The molecule has 7 nitrogen and oxygen atoms in total. The van der Waals surface area contributed by atoms with Crippen molar-refractivity contribution >= 4 is 50.2 Å². The van der Waals surface area contributed by atoms with E-state index < -0.39 is 11.6 Å². The number of benzene rings is 1. The van der Waals surface area contributed by atoms with E-state index in [0.29, 0.717) is 19.6 Å². The Kier molecular flexibility index (Phi) is 4.96. The van der Waals surface area contributed by atoms with Gasteiger partial charge in [-0.15, -0.1) is 0 Å². The molecule has 1 saturated heterocycles. The summed E-state index contributed by atoms with van der Waals surface area (Å²) in [5, 5.41) is 1.03. The summed E-state index contributed by atoms with van der Waals surface area (Å²) >= 11 is 3.66. The smallest absolute Gasteiger partial charge is 0.410 e. The van der Waals surface area contributed by atoms with Crippen LogP contribution < -0.4 is 9.80 Å². The number of pyridine rings is 1. The summed E-state index contributed by atoms with van der Waals surface area (Å²) in [6.07, 6.45) is 1.40. The summed E-state index contributed by atoms with van der Waals surface area (Å²) < 4.78 is 6.58. The predicted octanol–water partition coefficient (Wildman–Crippen LogP) is 4.02. The Morgan fingerprint density at radius 1 is 1.27 bits per heavy atom. The minimum atomic E-state index is -0.571. The van der Waals surface area contributed by atoms with Crippen LogP contribution in [0.4, 0.5) is 16.2 Å². The molecule has 0 N–H and O–H groups in total. The number of hydrogen-bond acceptors (Lipinski definition) is 5. The molecule has 3 heterocycles. The molecular weight excluding hydrogens is 448 g/mol. The fourth-order valence-electron chi connectivity index (χ4n) is 4.27. The van der Waals surface area contributed by atoms with Crippen molar-refractivity contribution in [3.05, 3.63) is 27.9 Å². The fraction of sp³-hybridized carbons (Fsp3) is 0.500. The van der Waals surface area contributed by atoms with Gasteiger partial charge in [0.05, 0.1) is 29.6 Å². The van der Waals surface area contributed by atoms with E-state index in [4.69, 9.17) is 4.74 Å². The van der Waals surface area contributed by atoms with Crippen molar-refractivity contribution in [1.82, 2.24) is 9.88 Å². The highest BCUT2D eigenvalue weighted by atomic mass is 79.9. The molecule has 8 heteroatoms. The van der Waals surface area contributed by atoms with Crippen LogP contribution in [0, 0.1) is 13.8 Å². The first kappa shape index (κ1) is 20.9. The number of aryl methyl sites for hydroxylation is 2. The number of halogens is 1. The van der Waals surface area contributed by atoms with Crippen LogP contribution in [0.25, 0.3) is 10.9 Å². The molecule has 2 aromatic rings. The highest BCUT2D eigenvalue weighted by Gasteiger charge is 2.43. The molecule has 2 aliphatic heterocycles. The van der Waals surface area contributed by atoms with Gasteiger partial charge in [0.25, 0.3) is 5.91 Å². The number of aromatic nitrogens is 1. The van der Waals surface area contributed by atoms with Crippen molar-refractivity contribution in [2.45, 2.75) is 46.3 Å². The third kappa shape index (κ3) is 3.31. The lowest BCUT2D eigenvalue weighted by atomic mass is 9.99. The van der Waals surface area contributed by atoms with Crippen molar-refractivity contribution in [3.63, 3.8) is 0 Å². The number of rotatable bonds is 0. The van der Waals surface area contributed by atoms with Gasteiger partial charge in [0.1, 0.15) is 11.6 Å². The topological polar surface area (TPSA) is 66.0 Å². The van der Waals surface area contributed by atoms with Crippen molar-refractivity contribution in [3.8, 4) is 0 Å². The SMILES string of the molecule is Cc1cc2c3c(cnc2c(C)c1Br)N(C)C(=O)[C@H]1CN(C(=O)OC(C)(C)C)CCN31. The maximum atomic E-state index is 13.2. The van der Waals surface area contributed by atoms with Gasteiger partial charge in [-0.2, -0.15) is 0 Å². The Morgan fingerprint density at radius 3 is 2.63 bits per heavy atom. The van der Waals surface area contributed by atoms with E-state index in [-0.39, 0.29) is 12.0 Å². The first-order valence-electron chi connectivity index (χ1n) is 10.1. The fourth-order valence-corrected chi connectivity index (χ4v) is 4.57. The highest BCUT2D eigenvalue weighted by Crippen LogP contribution is 2.43. The molecule has 160 valence electrons. The summed E-state index contributed by atoms with van der Waals surface area (Å²) in [5.74, 6) is -0.0394. The normalized spacial score (nSPS) is 19.1. The Bertz CT molecular complexity index is 1060. The largest absolute Gasteiger partial charge is 0.444 e. The van der Waals surface area contributed by atoms with Crippen LogP contribution in [0.5, 0.6) is 0 Å². The van der Waals surface area contributed by atoms with E-state index >= 15 is 0 Å². The summed E-state index contributed by atoms with van der Waals surface area (Å²) in [6, 6.07) is 1.68. The number of piperazine rings is 1. The van der Waals surface area contributed by atoms with Crippen molar-refractivity contribution in [2.75, 3.05) is 36.5 Å². The van der Waals surface area contributed by atoms with Gasteiger partial charge in [0.2, 0.25) is 0 Å². The van der Waals surface area contributed by atoms with Crippen LogP contribution in [0.15, 0.2) is 16.7 Å². The minimum absolute atomic E-state index is 0.0394.